The smallest absolute Gasteiger partial charge is 0.209 e. The Kier molecular flexibility index (Phi) is 6.21. The summed E-state index contributed by atoms with van der Waals surface area (Å²) >= 11 is 1.63. The second kappa shape index (κ2) is 7.45. The van der Waals surface area contributed by atoms with Crippen molar-refractivity contribution in [2.24, 2.45) is 5.92 Å². The Bertz CT molecular complexity index is 347. The van der Waals surface area contributed by atoms with Crippen LogP contribution in [0.15, 0.2) is 17.3 Å². The van der Waals surface area contributed by atoms with Gasteiger partial charge in [0.1, 0.15) is 0 Å². The number of aromatic nitrogens is 4. The number of thioether (sulfide) groups is 1. The summed E-state index contributed by atoms with van der Waals surface area (Å²) in [6.45, 7) is 13.0. The molecule has 1 aromatic rings. The van der Waals surface area contributed by atoms with Crippen molar-refractivity contribution in [1.82, 2.24) is 25.5 Å². The highest BCUT2D eigenvalue weighted by atomic mass is 32.2. The van der Waals surface area contributed by atoms with Gasteiger partial charge < -0.3 is 5.32 Å². The Hall–Kier alpha value is -0.880. The maximum atomic E-state index is 4.00. The van der Waals surface area contributed by atoms with Gasteiger partial charge in [-0.05, 0) is 29.8 Å². The van der Waals surface area contributed by atoms with Crippen molar-refractivity contribution in [1.29, 1.82) is 0 Å². The zero-order valence-electron chi connectivity index (χ0n) is 10.8. The van der Waals surface area contributed by atoms with Crippen LogP contribution in [0.3, 0.4) is 0 Å². The summed E-state index contributed by atoms with van der Waals surface area (Å²) in [4.78, 5) is 0. The van der Waals surface area contributed by atoms with Gasteiger partial charge in [-0.2, -0.15) is 0 Å². The first-order valence-corrected chi connectivity index (χ1v) is 6.82. The molecule has 5 nitrogen and oxygen atoms in total. The molecule has 0 amide bonds. The van der Waals surface area contributed by atoms with E-state index in [1.54, 1.807) is 11.8 Å². The van der Waals surface area contributed by atoms with E-state index in [4.69, 9.17) is 0 Å². The zero-order valence-corrected chi connectivity index (χ0v) is 11.6. The first-order chi connectivity index (χ1) is 8.09. The fourth-order valence-corrected chi connectivity index (χ4v) is 1.95. The largest absolute Gasteiger partial charge is 0.315 e. The van der Waals surface area contributed by atoms with Crippen molar-refractivity contribution in [2.75, 3.05) is 18.8 Å². The third-order valence-electron chi connectivity index (χ3n) is 2.00. The normalized spacial score (nSPS) is 11.1. The first kappa shape index (κ1) is 14.2. The van der Waals surface area contributed by atoms with Crippen LogP contribution in [0.4, 0.5) is 0 Å². The van der Waals surface area contributed by atoms with E-state index >= 15 is 0 Å². The number of hydrogen-bond donors (Lipinski definition) is 1. The molecule has 1 aromatic heterocycles. The molecule has 0 bridgehead atoms. The van der Waals surface area contributed by atoms with E-state index in [1.165, 1.54) is 0 Å². The molecule has 17 heavy (non-hydrogen) atoms. The summed E-state index contributed by atoms with van der Waals surface area (Å²) in [5.74, 6) is 1.53. The van der Waals surface area contributed by atoms with Gasteiger partial charge in [0.05, 0.1) is 6.54 Å². The highest BCUT2D eigenvalue weighted by Gasteiger charge is 2.06. The van der Waals surface area contributed by atoms with Crippen LogP contribution in [0.25, 0.3) is 0 Å². The van der Waals surface area contributed by atoms with Crippen molar-refractivity contribution in [2.45, 2.75) is 32.5 Å². The molecule has 1 N–H and O–H groups in total. The lowest BCUT2D eigenvalue weighted by Crippen LogP contribution is -2.24. The highest BCUT2D eigenvalue weighted by Crippen LogP contribution is 2.15. The van der Waals surface area contributed by atoms with Gasteiger partial charge in [-0.25, -0.2) is 4.68 Å². The molecule has 96 valence electrons. The molecule has 0 aliphatic rings. The fraction of sp³-hybridized carbons (Fsp3) is 0.727. The summed E-state index contributed by atoms with van der Waals surface area (Å²) < 4.78 is 1.83. The van der Waals surface area contributed by atoms with Crippen LogP contribution in [0.2, 0.25) is 0 Å². The summed E-state index contributed by atoms with van der Waals surface area (Å²) in [6, 6.07) is 0. The molecular weight excluding hydrogens is 234 g/mol. The lowest BCUT2D eigenvalue weighted by atomic mass is 10.2. The molecule has 0 fully saturated rings. The average Bonchev–Trinajstić information content (AvgIpc) is 2.68. The number of nitrogens with zero attached hydrogens (tertiary/aromatic N) is 4. The molecule has 0 atom stereocenters. The van der Waals surface area contributed by atoms with Gasteiger partial charge in [0.25, 0.3) is 0 Å². The number of hydrogen-bond acceptors (Lipinski definition) is 5. The zero-order chi connectivity index (χ0) is 12.7. The molecule has 0 saturated heterocycles. The Balaban J connectivity index is 2.32. The average molecular weight is 255 g/mol. The predicted molar refractivity (Wildman–Crippen MR) is 71.1 cm³/mol. The summed E-state index contributed by atoms with van der Waals surface area (Å²) in [5.41, 5.74) is 1.13. The van der Waals surface area contributed by atoms with E-state index < -0.39 is 0 Å². The van der Waals surface area contributed by atoms with Gasteiger partial charge in [0.15, 0.2) is 0 Å². The molecular formula is C11H21N5S. The maximum Gasteiger partial charge on any atom is 0.209 e. The molecule has 0 radical (unpaired) electrons. The molecule has 1 rings (SSSR count). The third kappa shape index (κ3) is 5.83. The first-order valence-electron chi connectivity index (χ1n) is 5.83. The van der Waals surface area contributed by atoms with E-state index in [0.717, 1.165) is 36.1 Å². The van der Waals surface area contributed by atoms with Crippen molar-refractivity contribution < 1.29 is 0 Å². The second-order valence-electron chi connectivity index (χ2n) is 4.53. The van der Waals surface area contributed by atoms with Crippen molar-refractivity contribution >= 4 is 11.8 Å². The predicted octanol–water partition coefficient (Wildman–Crippen LogP) is 1.59. The molecule has 6 heteroatoms. The number of nitrogens with one attached hydrogen (secondary N) is 1. The van der Waals surface area contributed by atoms with Gasteiger partial charge in [0.2, 0.25) is 5.16 Å². The topological polar surface area (TPSA) is 55.6 Å². The van der Waals surface area contributed by atoms with Crippen LogP contribution in [0.1, 0.15) is 20.8 Å². The lowest BCUT2D eigenvalue weighted by Gasteiger charge is -2.07. The molecule has 0 aliphatic heterocycles. The van der Waals surface area contributed by atoms with E-state index in [0.29, 0.717) is 5.92 Å². The van der Waals surface area contributed by atoms with Crippen LogP contribution in [0.5, 0.6) is 0 Å². The molecule has 0 aromatic carbocycles. The maximum absolute atomic E-state index is 4.00. The highest BCUT2D eigenvalue weighted by molar-refractivity contribution is 7.99. The summed E-state index contributed by atoms with van der Waals surface area (Å²) in [6.07, 6.45) is 0. The van der Waals surface area contributed by atoms with Crippen LogP contribution in [-0.2, 0) is 6.54 Å². The summed E-state index contributed by atoms with van der Waals surface area (Å²) in [7, 11) is 0. The molecule has 0 spiro atoms. The molecule has 0 saturated carbocycles. The standard InChI is InChI=1S/C11H21N5S/c1-9(2)7-12-5-6-16-11(13-14-15-16)17-8-10(3)4/h9,12H,3,5-8H2,1-2,4H3. The molecule has 1 heterocycles. The quantitative estimate of drug-likeness (QED) is 0.434. The fourth-order valence-electron chi connectivity index (χ4n) is 1.20. The van der Waals surface area contributed by atoms with Gasteiger partial charge in [-0.15, -0.1) is 5.10 Å². The SMILES string of the molecule is C=C(C)CSc1nnnn1CCNCC(C)C. The minimum Gasteiger partial charge on any atom is -0.315 e. The Morgan fingerprint density at radius 2 is 2.29 bits per heavy atom. The van der Waals surface area contributed by atoms with Crippen LogP contribution < -0.4 is 5.32 Å². The Labute approximate surface area is 107 Å². The van der Waals surface area contributed by atoms with Crippen molar-refractivity contribution in [3.8, 4) is 0 Å². The van der Waals surface area contributed by atoms with E-state index in [9.17, 15) is 0 Å². The van der Waals surface area contributed by atoms with E-state index in [-0.39, 0.29) is 0 Å². The van der Waals surface area contributed by atoms with Gasteiger partial charge in [-0.1, -0.05) is 37.8 Å². The van der Waals surface area contributed by atoms with Gasteiger partial charge in [0, 0.05) is 12.3 Å². The van der Waals surface area contributed by atoms with Gasteiger partial charge in [-0.3, -0.25) is 0 Å². The summed E-state index contributed by atoms with van der Waals surface area (Å²) in [5, 5.41) is 15.9. The van der Waals surface area contributed by atoms with E-state index in [2.05, 4.69) is 41.3 Å². The van der Waals surface area contributed by atoms with Gasteiger partial charge >= 0.3 is 0 Å². The van der Waals surface area contributed by atoms with E-state index in [1.807, 2.05) is 11.6 Å². The molecule has 0 unspecified atom stereocenters. The third-order valence-corrected chi connectivity index (χ3v) is 3.19. The monoisotopic (exact) mass is 255 g/mol. The lowest BCUT2D eigenvalue weighted by molar-refractivity contribution is 0.482. The second-order valence-corrected chi connectivity index (χ2v) is 5.47. The van der Waals surface area contributed by atoms with Crippen molar-refractivity contribution in [3.63, 3.8) is 0 Å². The number of rotatable bonds is 8. The van der Waals surface area contributed by atoms with Crippen molar-refractivity contribution in [3.05, 3.63) is 12.2 Å². The van der Waals surface area contributed by atoms with Crippen LogP contribution in [-0.4, -0.2) is 39.0 Å². The Morgan fingerprint density at radius 1 is 1.53 bits per heavy atom. The number of tetrazole rings is 1. The Morgan fingerprint density at radius 3 is 2.94 bits per heavy atom. The minimum atomic E-state index is 0.668. The van der Waals surface area contributed by atoms with Crippen LogP contribution in [0, 0.1) is 5.92 Å². The molecule has 0 aliphatic carbocycles. The van der Waals surface area contributed by atoms with Crippen LogP contribution >= 0.6 is 11.8 Å². The minimum absolute atomic E-state index is 0.668.